The van der Waals surface area contributed by atoms with Gasteiger partial charge in [0.05, 0.1) is 0 Å². The fourth-order valence-corrected chi connectivity index (χ4v) is 5.87. The van der Waals surface area contributed by atoms with Crippen molar-refractivity contribution in [1.29, 1.82) is 0 Å². The summed E-state index contributed by atoms with van der Waals surface area (Å²) < 4.78 is 54.5. The van der Waals surface area contributed by atoms with Gasteiger partial charge in [0.15, 0.2) is 0 Å². The summed E-state index contributed by atoms with van der Waals surface area (Å²) in [5, 5.41) is 0. The molecule has 0 fully saturated rings. The quantitative estimate of drug-likeness (QED) is 0.216. The molecule has 0 saturated heterocycles. The highest BCUT2D eigenvalue weighted by Gasteiger charge is 2.26. The van der Waals surface area contributed by atoms with Crippen LogP contribution in [0, 0.1) is 5.92 Å². The molecule has 0 amide bonds. The van der Waals surface area contributed by atoms with Gasteiger partial charge in [-0.1, -0.05) is 84.5 Å². The summed E-state index contributed by atoms with van der Waals surface area (Å²) in [5.74, 6) is 0.831. The number of likely N-dealkylation sites (N-methyl/N-ethyl adjacent to an activating group) is 2. The molecule has 0 aromatic heterocycles. The Morgan fingerprint density at radius 1 is 0.545 bits per heavy atom. The van der Waals surface area contributed by atoms with E-state index in [0.29, 0.717) is 6.54 Å². The van der Waals surface area contributed by atoms with Gasteiger partial charge in [0.2, 0.25) is 0 Å². The lowest BCUT2D eigenvalue weighted by Crippen LogP contribution is -2.45. The lowest BCUT2D eigenvalue weighted by atomic mass is 9.92. The second-order valence-corrected chi connectivity index (χ2v) is 13.8. The van der Waals surface area contributed by atoms with E-state index < -0.39 is 20.4 Å². The number of rotatable bonds is 21. The lowest BCUT2D eigenvalue weighted by Gasteiger charge is -2.27. The molecule has 10 heteroatoms. The fraction of sp³-hybridized carbons (Fsp3) is 1.00. The fourth-order valence-electron chi connectivity index (χ4n) is 3.85. The van der Waals surface area contributed by atoms with Crippen molar-refractivity contribution in [2.45, 2.75) is 90.9 Å². The van der Waals surface area contributed by atoms with E-state index in [-0.39, 0.29) is 13.1 Å². The van der Waals surface area contributed by atoms with Crippen LogP contribution in [0.15, 0.2) is 0 Å². The van der Waals surface area contributed by atoms with Crippen molar-refractivity contribution in [3.05, 3.63) is 0 Å². The van der Waals surface area contributed by atoms with Gasteiger partial charge in [0.1, 0.15) is 0 Å². The second kappa shape index (κ2) is 17.2. The van der Waals surface area contributed by atoms with E-state index in [0.717, 1.165) is 33.8 Å². The SMILES string of the molecule is CCCCCCCC(CC)CCCCCCN(C)S(=O)(=O)N(C)CCN(C)S(=O)(=O)N(C)C. The number of hydrogen-bond donors (Lipinski definition) is 0. The average molecular weight is 513 g/mol. The van der Waals surface area contributed by atoms with Gasteiger partial charge in [0, 0.05) is 54.9 Å². The third kappa shape index (κ3) is 12.9. The summed E-state index contributed by atoms with van der Waals surface area (Å²) in [4.78, 5) is 0. The largest absolute Gasteiger partial charge is 0.281 e. The molecule has 33 heavy (non-hydrogen) atoms. The predicted octanol–water partition coefficient (Wildman–Crippen LogP) is 4.17. The van der Waals surface area contributed by atoms with E-state index >= 15 is 0 Å². The van der Waals surface area contributed by atoms with Crippen molar-refractivity contribution in [3.63, 3.8) is 0 Å². The first-order valence-corrected chi connectivity index (χ1v) is 15.5. The van der Waals surface area contributed by atoms with Crippen LogP contribution < -0.4 is 0 Å². The highest BCUT2D eigenvalue weighted by molar-refractivity contribution is 7.87. The van der Waals surface area contributed by atoms with Crippen molar-refractivity contribution >= 4 is 20.4 Å². The van der Waals surface area contributed by atoms with Gasteiger partial charge in [-0.05, 0) is 12.3 Å². The average Bonchev–Trinajstić information content (AvgIpc) is 2.77. The molecule has 0 aromatic carbocycles. The van der Waals surface area contributed by atoms with Crippen molar-refractivity contribution in [2.24, 2.45) is 5.92 Å². The molecule has 0 aliphatic heterocycles. The summed E-state index contributed by atoms with van der Waals surface area (Å²) in [6, 6.07) is 0. The molecule has 0 spiro atoms. The highest BCUT2D eigenvalue weighted by Crippen LogP contribution is 2.21. The molecule has 0 heterocycles. The monoisotopic (exact) mass is 512 g/mol. The number of nitrogens with zero attached hydrogens (tertiary/aromatic N) is 4. The maximum atomic E-state index is 12.7. The van der Waals surface area contributed by atoms with Gasteiger partial charge in [-0.15, -0.1) is 0 Å². The zero-order valence-electron chi connectivity index (χ0n) is 22.4. The van der Waals surface area contributed by atoms with E-state index in [1.54, 1.807) is 7.05 Å². The smallest absolute Gasteiger partial charge is 0.195 e. The van der Waals surface area contributed by atoms with Gasteiger partial charge in [0.25, 0.3) is 20.4 Å². The first-order valence-electron chi connectivity index (χ1n) is 12.7. The molecule has 0 aliphatic carbocycles. The second-order valence-electron chi connectivity index (χ2n) is 9.44. The third-order valence-corrected chi connectivity index (χ3v) is 10.3. The molecule has 0 aliphatic rings. The van der Waals surface area contributed by atoms with Gasteiger partial charge < -0.3 is 0 Å². The van der Waals surface area contributed by atoms with Crippen LogP contribution in [0.5, 0.6) is 0 Å². The van der Waals surface area contributed by atoms with E-state index in [9.17, 15) is 16.8 Å². The van der Waals surface area contributed by atoms with Crippen LogP contribution in [0.4, 0.5) is 0 Å². The van der Waals surface area contributed by atoms with Crippen molar-refractivity contribution < 1.29 is 16.8 Å². The van der Waals surface area contributed by atoms with Crippen LogP contribution in [0.2, 0.25) is 0 Å². The van der Waals surface area contributed by atoms with Crippen LogP contribution in [-0.2, 0) is 20.4 Å². The minimum absolute atomic E-state index is 0.0985. The zero-order chi connectivity index (χ0) is 25.5. The van der Waals surface area contributed by atoms with Gasteiger partial charge >= 0.3 is 0 Å². The van der Waals surface area contributed by atoms with Crippen LogP contribution in [-0.4, -0.2) is 88.9 Å². The van der Waals surface area contributed by atoms with Crippen LogP contribution in [0.3, 0.4) is 0 Å². The minimum atomic E-state index is -3.60. The van der Waals surface area contributed by atoms with Crippen LogP contribution in [0.1, 0.15) is 90.9 Å². The Morgan fingerprint density at radius 2 is 0.970 bits per heavy atom. The molecule has 8 nitrogen and oxygen atoms in total. The number of hydrogen-bond acceptors (Lipinski definition) is 4. The van der Waals surface area contributed by atoms with Crippen LogP contribution in [0.25, 0.3) is 0 Å². The lowest BCUT2D eigenvalue weighted by molar-refractivity contribution is 0.353. The van der Waals surface area contributed by atoms with Crippen molar-refractivity contribution in [3.8, 4) is 0 Å². The molecule has 0 radical (unpaired) electrons. The Bertz CT molecular complexity index is 699. The predicted molar refractivity (Wildman–Crippen MR) is 140 cm³/mol. The molecule has 0 N–H and O–H groups in total. The molecular weight excluding hydrogens is 460 g/mol. The maximum absolute atomic E-state index is 12.7. The zero-order valence-corrected chi connectivity index (χ0v) is 24.1. The summed E-state index contributed by atoms with van der Waals surface area (Å²) in [5.41, 5.74) is 0. The van der Waals surface area contributed by atoms with E-state index in [4.69, 9.17) is 0 Å². The Hall–Kier alpha value is -0.260. The van der Waals surface area contributed by atoms with Crippen molar-refractivity contribution in [1.82, 2.24) is 17.2 Å². The van der Waals surface area contributed by atoms with E-state index in [2.05, 4.69) is 13.8 Å². The van der Waals surface area contributed by atoms with Gasteiger partial charge in [-0.2, -0.15) is 34.1 Å². The van der Waals surface area contributed by atoms with Crippen molar-refractivity contribution in [2.75, 3.05) is 54.9 Å². The summed E-state index contributed by atoms with van der Waals surface area (Å²) in [6.07, 6.45) is 14.8. The van der Waals surface area contributed by atoms with Gasteiger partial charge in [-0.3, -0.25) is 0 Å². The molecule has 1 atom stereocenters. The summed E-state index contributed by atoms with van der Waals surface area (Å²) in [6.45, 7) is 5.23. The van der Waals surface area contributed by atoms with E-state index in [1.165, 1.54) is 94.6 Å². The Kier molecular flexibility index (Phi) is 17.1. The third-order valence-electron chi connectivity index (χ3n) is 6.50. The molecule has 1 unspecified atom stereocenters. The molecular formula is C23H52N4O4S2. The first-order chi connectivity index (χ1) is 15.4. The molecule has 0 rings (SSSR count). The molecule has 0 saturated carbocycles. The first kappa shape index (κ1) is 32.7. The summed E-state index contributed by atoms with van der Waals surface area (Å²) >= 11 is 0. The Morgan fingerprint density at radius 3 is 1.42 bits per heavy atom. The maximum Gasteiger partial charge on any atom is 0.281 e. The molecule has 200 valence electrons. The summed E-state index contributed by atoms with van der Waals surface area (Å²) in [7, 11) is 0.311. The van der Waals surface area contributed by atoms with Crippen LogP contribution >= 0.6 is 0 Å². The normalized spacial score (nSPS) is 14.2. The van der Waals surface area contributed by atoms with E-state index in [1.807, 2.05) is 0 Å². The number of unbranched alkanes of at least 4 members (excludes halogenated alkanes) is 7. The molecule has 0 bridgehead atoms. The Labute approximate surface area is 206 Å². The topological polar surface area (TPSA) is 81.2 Å². The standard InChI is InChI=1S/C23H52N4O4S2/c1-8-10-11-12-15-18-23(9-2)19-16-13-14-17-20-25(5)33(30,31)27(7)22-21-26(6)32(28,29)24(3)4/h23H,8-22H2,1-7H3. The molecule has 0 aromatic rings. The Balaban J connectivity index is 4.20. The highest BCUT2D eigenvalue weighted by atomic mass is 32.2. The minimum Gasteiger partial charge on any atom is -0.195 e. The van der Waals surface area contributed by atoms with Gasteiger partial charge in [-0.25, -0.2) is 0 Å².